The molecule has 0 aromatic carbocycles. The lowest BCUT2D eigenvalue weighted by molar-refractivity contribution is 0.0694. The second-order valence-electron chi connectivity index (χ2n) is 3.26. The van der Waals surface area contributed by atoms with E-state index >= 15 is 0 Å². The first-order chi connectivity index (χ1) is 6.61. The van der Waals surface area contributed by atoms with Crippen LogP contribution in [0.5, 0.6) is 0 Å². The monoisotopic (exact) mass is 197 g/mol. The second-order valence-corrected chi connectivity index (χ2v) is 3.26. The lowest BCUT2D eigenvalue weighted by atomic mass is 10.3. The van der Waals surface area contributed by atoms with Gasteiger partial charge in [0.1, 0.15) is 11.7 Å². The van der Waals surface area contributed by atoms with Gasteiger partial charge in [0.2, 0.25) is 0 Å². The van der Waals surface area contributed by atoms with Crippen LogP contribution in [0.4, 0.5) is 4.39 Å². The second kappa shape index (κ2) is 2.94. The predicted molar refractivity (Wildman–Crippen MR) is 46.2 cm³/mol. The Balaban J connectivity index is 2.48. The van der Waals surface area contributed by atoms with Gasteiger partial charge >= 0.3 is 5.97 Å². The third kappa shape index (κ3) is 1.30. The molecule has 1 heterocycles. The van der Waals surface area contributed by atoms with Crippen LogP contribution >= 0.6 is 0 Å². The lowest BCUT2D eigenvalue weighted by Crippen LogP contribution is -2.25. The smallest absolute Gasteiger partial charge is 0.341 e. The number of aromatic carboxylic acids is 1. The Labute approximate surface area is 78.6 Å². The highest BCUT2D eigenvalue weighted by molar-refractivity contribution is 5.86. The first-order valence-corrected chi connectivity index (χ1v) is 4.20. The standard InChI is InChI=1S/C9H8FNO3/c10-6-4-7(6)11-3-1-2-5(8(11)12)9(13)14/h1-3,6-7H,4H2,(H,13,14)/t6-,7+/m1/s1. The molecule has 0 saturated heterocycles. The van der Waals surface area contributed by atoms with Gasteiger partial charge in [-0.25, -0.2) is 9.18 Å². The fraction of sp³-hybridized carbons (Fsp3) is 0.333. The summed E-state index contributed by atoms with van der Waals surface area (Å²) >= 11 is 0. The van der Waals surface area contributed by atoms with Crippen molar-refractivity contribution in [1.29, 1.82) is 0 Å². The molecule has 1 aromatic rings. The topological polar surface area (TPSA) is 59.3 Å². The fourth-order valence-electron chi connectivity index (χ4n) is 1.37. The van der Waals surface area contributed by atoms with E-state index in [0.29, 0.717) is 6.42 Å². The van der Waals surface area contributed by atoms with E-state index in [4.69, 9.17) is 5.11 Å². The first kappa shape index (κ1) is 8.93. The zero-order valence-corrected chi connectivity index (χ0v) is 7.18. The first-order valence-electron chi connectivity index (χ1n) is 4.20. The zero-order valence-electron chi connectivity index (χ0n) is 7.18. The zero-order chi connectivity index (χ0) is 10.3. The minimum atomic E-state index is -1.28. The summed E-state index contributed by atoms with van der Waals surface area (Å²) in [4.78, 5) is 22.0. The number of carboxylic acid groups (broad SMARTS) is 1. The van der Waals surface area contributed by atoms with E-state index in [-0.39, 0.29) is 5.56 Å². The van der Waals surface area contributed by atoms with Crippen molar-refractivity contribution in [2.75, 3.05) is 0 Å². The number of aromatic nitrogens is 1. The van der Waals surface area contributed by atoms with E-state index in [1.54, 1.807) is 0 Å². The van der Waals surface area contributed by atoms with Crippen molar-refractivity contribution in [2.24, 2.45) is 0 Å². The van der Waals surface area contributed by atoms with Crippen LogP contribution < -0.4 is 5.56 Å². The van der Waals surface area contributed by atoms with Gasteiger partial charge in [0.25, 0.3) is 5.56 Å². The minimum absolute atomic E-state index is 0.295. The normalized spacial score (nSPS) is 24.6. The average Bonchev–Trinajstić information content (AvgIpc) is 2.82. The van der Waals surface area contributed by atoms with Crippen LogP contribution in [0.25, 0.3) is 0 Å². The van der Waals surface area contributed by atoms with Crippen LogP contribution in [0.3, 0.4) is 0 Å². The molecule has 0 spiro atoms. The number of carboxylic acids is 1. The summed E-state index contributed by atoms with van der Waals surface area (Å²) in [6, 6.07) is 2.19. The number of nitrogens with zero attached hydrogens (tertiary/aromatic N) is 1. The van der Waals surface area contributed by atoms with Crippen LogP contribution in [0, 0.1) is 0 Å². The highest BCUT2D eigenvalue weighted by Crippen LogP contribution is 2.37. The van der Waals surface area contributed by atoms with E-state index < -0.39 is 23.7 Å². The Kier molecular flexibility index (Phi) is 1.87. The molecule has 2 atom stereocenters. The van der Waals surface area contributed by atoms with Crippen molar-refractivity contribution >= 4 is 5.97 Å². The molecule has 4 nitrogen and oxygen atoms in total. The molecule has 0 amide bonds. The summed E-state index contributed by atoms with van der Waals surface area (Å²) in [5.74, 6) is -1.28. The van der Waals surface area contributed by atoms with Crippen LogP contribution in [-0.4, -0.2) is 21.8 Å². The maximum Gasteiger partial charge on any atom is 0.341 e. The number of alkyl halides is 1. The summed E-state index contributed by atoms with van der Waals surface area (Å²) in [6.07, 6.45) is 0.693. The van der Waals surface area contributed by atoms with Gasteiger partial charge in [0, 0.05) is 12.6 Å². The number of carbonyl (C=O) groups is 1. The summed E-state index contributed by atoms with van der Waals surface area (Å²) in [7, 11) is 0. The van der Waals surface area contributed by atoms with Crippen molar-refractivity contribution in [3.63, 3.8) is 0 Å². The van der Waals surface area contributed by atoms with Gasteiger partial charge in [0.15, 0.2) is 0 Å². The molecule has 74 valence electrons. The summed E-state index contributed by atoms with van der Waals surface area (Å²) in [5.41, 5.74) is -0.947. The molecule has 0 bridgehead atoms. The molecule has 5 heteroatoms. The Morgan fingerprint density at radius 1 is 1.64 bits per heavy atom. The lowest BCUT2D eigenvalue weighted by Gasteiger charge is -2.02. The largest absolute Gasteiger partial charge is 0.477 e. The molecule has 0 radical (unpaired) electrons. The van der Waals surface area contributed by atoms with E-state index in [9.17, 15) is 14.0 Å². The van der Waals surface area contributed by atoms with Crippen molar-refractivity contribution < 1.29 is 14.3 Å². The predicted octanol–water partition coefficient (Wildman–Crippen LogP) is 0.829. The summed E-state index contributed by atoms with van der Waals surface area (Å²) in [5, 5.41) is 8.65. The average molecular weight is 197 g/mol. The molecule has 1 N–H and O–H groups in total. The van der Waals surface area contributed by atoms with Gasteiger partial charge in [-0.3, -0.25) is 4.79 Å². The molecule has 1 aliphatic rings. The quantitative estimate of drug-likeness (QED) is 0.763. The van der Waals surface area contributed by atoms with Crippen LogP contribution in [0.15, 0.2) is 23.1 Å². The van der Waals surface area contributed by atoms with Gasteiger partial charge in [-0.05, 0) is 12.1 Å². The van der Waals surface area contributed by atoms with Gasteiger partial charge in [-0.2, -0.15) is 0 Å². The van der Waals surface area contributed by atoms with Crippen molar-refractivity contribution in [2.45, 2.75) is 18.6 Å². The highest BCUT2D eigenvalue weighted by Gasteiger charge is 2.40. The maximum absolute atomic E-state index is 12.7. The van der Waals surface area contributed by atoms with Crippen molar-refractivity contribution in [3.05, 3.63) is 34.2 Å². The Morgan fingerprint density at radius 3 is 2.79 bits per heavy atom. The molecular weight excluding hydrogens is 189 g/mol. The third-order valence-corrected chi connectivity index (χ3v) is 2.24. The van der Waals surface area contributed by atoms with Gasteiger partial charge < -0.3 is 9.67 Å². The van der Waals surface area contributed by atoms with Crippen molar-refractivity contribution in [3.8, 4) is 0 Å². The van der Waals surface area contributed by atoms with E-state index in [1.165, 1.54) is 18.3 Å². The molecule has 1 aliphatic carbocycles. The third-order valence-electron chi connectivity index (χ3n) is 2.24. The van der Waals surface area contributed by atoms with E-state index in [1.807, 2.05) is 0 Å². The van der Waals surface area contributed by atoms with Crippen molar-refractivity contribution in [1.82, 2.24) is 4.57 Å². The van der Waals surface area contributed by atoms with Gasteiger partial charge in [-0.15, -0.1) is 0 Å². The van der Waals surface area contributed by atoms with Crippen LogP contribution in [0.2, 0.25) is 0 Å². The maximum atomic E-state index is 12.7. The fourth-order valence-corrected chi connectivity index (χ4v) is 1.37. The van der Waals surface area contributed by atoms with Crippen LogP contribution in [0.1, 0.15) is 22.8 Å². The molecule has 2 rings (SSSR count). The summed E-state index contributed by atoms with van der Waals surface area (Å²) in [6.45, 7) is 0. The highest BCUT2D eigenvalue weighted by atomic mass is 19.1. The number of rotatable bonds is 2. The Bertz CT molecular complexity index is 440. The number of hydrogen-bond acceptors (Lipinski definition) is 2. The molecule has 1 aromatic heterocycles. The molecule has 14 heavy (non-hydrogen) atoms. The van der Waals surface area contributed by atoms with Crippen LogP contribution in [-0.2, 0) is 0 Å². The number of pyridine rings is 1. The molecule has 0 unspecified atom stereocenters. The molecule has 0 aliphatic heterocycles. The van der Waals surface area contributed by atoms with Gasteiger partial charge in [0.05, 0.1) is 6.04 Å². The Morgan fingerprint density at radius 2 is 2.29 bits per heavy atom. The van der Waals surface area contributed by atoms with E-state index in [0.717, 1.165) is 4.57 Å². The minimum Gasteiger partial charge on any atom is -0.477 e. The number of halogens is 1. The Hall–Kier alpha value is -1.65. The molecular formula is C9H8FNO3. The SMILES string of the molecule is O=C(O)c1cccn([C@H]2C[C@H]2F)c1=O. The summed E-state index contributed by atoms with van der Waals surface area (Å²) < 4.78 is 13.8. The number of hydrogen-bond donors (Lipinski definition) is 1. The molecule has 1 saturated carbocycles. The van der Waals surface area contributed by atoms with Gasteiger partial charge in [-0.1, -0.05) is 0 Å². The molecule has 1 fully saturated rings. The van der Waals surface area contributed by atoms with E-state index in [2.05, 4.69) is 0 Å².